The summed E-state index contributed by atoms with van der Waals surface area (Å²) in [6, 6.07) is 5.92. The second-order valence-corrected chi connectivity index (χ2v) is 8.06. The minimum absolute atomic E-state index is 0.167. The number of carbonyl (C=O) groups excluding carboxylic acids is 1. The summed E-state index contributed by atoms with van der Waals surface area (Å²) in [5, 5.41) is 0. The lowest BCUT2D eigenvalue weighted by Gasteiger charge is -2.25. The highest BCUT2D eigenvalue weighted by Gasteiger charge is 2.39. The Labute approximate surface area is 154 Å². The van der Waals surface area contributed by atoms with Crippen molar-refractivity contribution in [2.24, 2.45) is 0 Å². The van der Waals surface area contributed by atoms with Crippen molar-refractivity contribution in [2.45, 2.75) is 45.6 Å². The number of nitrogens with zero attached hydrogens (tertiary/aromatic N) is 3. The lowest BCUT2D eigenvalue weighted by molar-refractivity contribution is 0.0579. The van der Waals surface area contributed by atoms with E-state index in [0.717, 1.165) is 22.4 Å². The molecule has 1 aromatic carbocycles. The summed E-state index contributed by atoms with van der Waals surface area (Å²) >= 11 is 0. The van der Waals surface area contributed by atoms with Gasteiger partial charge in [0.15, 0.2) is 0 Å². The van der Waals surface area contributed by atoms with Crippen LogP contribution < -0.4 is 4.90 Å². The summed E-state index contributed by atoms with van der Waals surface area (Å²) in [7, 11) is 0. The molecule has 0 spiro atoms. The summed E-state index contributed by atoms with van der Waals surface area (Å²) in [4.78, 5) is 22.2. The molecule has 1 aromatic heterocycles. The molecule has 5 nitrogen and oxygen atoms in total. The topological polar surface area (TPSA) is 55.3 Å². The fourth-order valence-corrected chi connectivity index (χ4v) is 2.94. The van der Waals surface area contributed by atoms with E-state index in [0.29, 0.717) is 6.54 Å². The number of rotatable bonds is 0. The molecule has 0 aliphatic carbocycles. The molecule has 1 amide bonds. The molecule has 0 atom stereocenters. The van der Waals surface area contributed by atoms with Crippen LogP contribution >= 0.6 is 0 Å². The molecule has 1 aliphatic rings. The van der Waals surface area contributed by atoms with Crippen molar-refractivity contribution >= 4 is 11.8 Å². The van der Waals surface area contributed by atoms with Crippen LogP contribution in [0.25, 0.3) is 0 Å². The zero-order valence-electron chi connectivity index (χ0n) is 15.8. The maximum absolute atomic E-state index is 12.6. The number of amides is 1. The highest BCUT2D eigenvalue weighted by molar-refractivity contribution is 5.91. The average molecular weight is 349 g/mol. The molecule has 0 unspecified atom stereocenters. The van der Waals surface area contributed by atoms with E-state index in [1.807, 2.05) is 32.9 Å². The Bertz CT molecular complexity index is 887. The van der Waals surface area contributed by atoms with Gasteiger partial charge in [-0.1, -0.05) is 25.7 Å². The van der Waals surface area contributed by atoms with E-state index >= 15 is 0 Å². The van der Waals surface area contributed by atoms with Gasteiger partial charge in [-0.25, -0.2) is 14.8 Å². The van der Waals surface area contributed by atoms with Crippen LogP contribution in [0.2, 0.25) is 0 Å². The molecule has 26 heavy (non-hydrogen) atoms. The number of aromatic nitrogens is 2. The van der Waals surface area contributed by atoms with Gasteiger partial charge in [-0.05, 0) is 44.5 Å². The summed E-state index contributed by atoms with van der Waals surface area (Å²) in [6.07, 6.45) is 4.53. The SMILES string of the molecule is CC(C)(C)OC(=O)N1CC(C)(C)c2cc(C#Cc3cncnc3)ccc21. The molecule has 0 fully saturated rings. The van der Waals surface area contributed by atoms with Crippen molar-refractivity contribution in [3.05, 3.63) is 53.6 Å². The van der Waals surface area contributed by atoms with Gasteiger partial charge in [0, 0.05) is 29.9 Å². The first kappa shape index (κ1) is 17.9. The number of carbonyl (C=O) groups is 1. The van der Waals surface area contributed by atoms with Gasteiger partial charge in [0.2, 0.25) is 0 Å². The average Bonchev–Trinajstić information content (AvgIpc) is 2.84. The summed E-state index contributed by atoms with van der Waals surface area (Å²) in [5.74, 6) is 6.21. The molecular weight excluding hydrogens is 326 g/mol. The second kappa shape index (κ2) is 6.45. The molecule has 0 bridgehead atoms. The van der Waals surface area contributed by atoms with Crippen LogP contribution in [0.4, 0.5) is 10.5 Å². The zero-order valence-corrected chi connectivity index (χ0v) is 15.8. The van der Waals surface area contributed by atoms with E-state index in [2.05, 4.69) is 41.7 Å². The van der Waals surface area contributed by atoms with E-state index in [-0.39, 0.29) is 11.5 Å². The van der Waals surface area contributed by atoms with Crippen LogP contribution in [0.3, 0.4) is 0 Å². The standard InChI is InChI=1S/C21H23N3O2/c1-20(2,3)26-19(25)24-13-21(4,5)17-10-15(8-9-18(17)24)6-7-16-11-22-14-23-12-16/h8-12,14H,13H2,1-5H3. The van der Waals surface area contributed by atoms with Gasteiger partial charge >= 0.3 is 6.09 Å². The van der Waals surface area contributed by atoms with Gasteiger partial charge in [-0.15, -0.1) is 0 Å². The molecule has 3 rings (SSSR count). The van der Waals surface area contributed by atoms with Crippen molar-refractivity contribution in [2.75, 3.05) is 11.4 Å². The molecule has 0 saturated heterocycles. The Morgan fingerprint density at radius 1 is 1.15 bits per heavy atom. The number of fused-ring (bicyclic) bond motifs is 1. The smallest absolute Gasteiger partial charge is 0.414 e. The summed E-state index contributed by atoms with van der Waals surface area (Å²) < 4.78 is 5.55. The van der Waals surface area contributed by atoms with Crippen molar-refractivity contribution in [1.82, 2.24) is 9.97 Å². The van der Waals surface area contributed by atoms with E-state index in [1.165, 1.54) is 6.33 Å². The third kappa shape index (κ3) is 3.85. The monoisotopic (exact) mass is 349 g/mol. The minimum atomic E-state index is -0.521. The molecule has 2 aromatic rings. The Kier molecular flexibility index (Phi) is 4.45. The molecular formula is C21H23N3O2. The lowest BCUT2D eigenvalue weighted by atomic mass is 9.86. The number of hydrogen-bond acceptors (Lipinski definition) is 4. The highest BCUT2D eigenvalue weighted by atomic mass is 16.6. The Morgan fingerprint density at radius 3 is 2.46 bits per heavy atom. The third-order valence-corrected chi connectivity index (χ3v) is 4.10. The molecule has 1 aliphatic heterocycles. The quantitative estimate of drug-likeness (QED) is 0.677. The van der Waals surface area contributed by atoms with Crippen molar-refractivity contribution in [3.63, 3.8) is 0 Å². The highest BCUT2D eigenvalue weighted by Crippen LogP contribution is 2.41. The van der Waals surface area contributed by atoms with Gasteiger partial charge in [0.05, 0.1) is 11.3 Å². The van der Waals surface area contributed by atoms with E-state index < -0.39 is 5.60 Å². The number of benzene rings is 1. The normalized spacial score (nSPS) is 15.0. The summed E-state index contributed by atoms with van der Waals surface area (Å²) in [6.45, 7) is 10.5. The summed E-state index contributed by atoms with van der Waals surface area (Å²) in [5.41, 5.74) is 2.96. The van der Waals surface area contributed by atoms with Gasteiger partial charge in [0.25, 0.3) is 0 Å². The van der Waals surface area contributed by atoms with Gasteiger partial charge in [-0.3, -0.25) is 4.90 Å². The fourth-order valence-electron chi connectivity index (χ4n) is 2.94. The molecule has 0 radical (unpaired) electrons. The van der Waals surface area contributed by atoms with Crippen molar-refractivity contribution in [3.8, 4) is 11.8 Å². The van der Waals surface area contributed by atoms with Crippen LogP contribution in [0.5, 0.6) is 0 Å². The first-order valence-electron chi connectivity index (χ1n) is 8.58. The van der Waals surface area contributed by atoms with Crippen LogP contribution in [0, 0.1) is 11.8 Å². The molecule has 0 N–H and O–H groups in total. The maximum atomic E-state index is 12.6. The number of hydrogen-bond donors (Lipinski definition) is 0. The third-order valence-electron chi connectivity index (χ3n) is 4.10. The van der Waals surface area contributed by atoms with Crippen LogP contribution in [-0.4, -0.2) is 28.2 Å². The van der Waals surface area contributed by atoms with E-state index in [1.54, 1.807) is 17.3 Å². The van der Waals surface area contributed by atoms with Crippen LogP contribution in [0.15, 0.2) is 36.9 Å². The van der Waals surface area contributed by atoms with E-state index in [9.17, 15) is 4.79 Å². The molecule has 134 valence electrons. The Morgan fingerprint density at radius 2 is 1.81 bits per heavy atom. The fraction of sp³-hybridized carbons (Fsp3) is 0.381. The first-order chi connectivity index (χ1) is 12.2. The van der Waals surface area contributed by atoms with E-state index in [4.69, 9.17) is 4.74 Å². The number of ether oxygens (including phenoxy) is 1. The minimum Gasteiger partial charge on any atom is -0.443 e. The predicted molar refractivity (Wildman–Crippen MR) is 101 cm³/mol. The molecule has 5 heteroatoms. The Balaban J connectivity index is 1.91. The first-order valence-corrected chi connectivity index (χ1v) is 8.58. The van der Waals surface area contributed by atoms with Crippen molar-refractivity contribution < 1.29 is 9.53 Å². The van der Waals surface area contributed by atoms with Gasteiger partial charge < -0.3 is 4.74 Å². The van der Waals surface area contributed by atoms with Crippen LogP contribution in [0.1, 0.15) is 51.3 Å². The maximum Gasteiger partial charge on any atom is 0.414 e. The second-order valence-electron chi connectivity index (χ2n) is 8.06. The van der Waals surface area contributed by atoms with Gasteiger partial charge in [0.1, 0.15) is 11.9 Å². The van der Waals surface area contributed by atoms with Gasteiger partial charge in [-0.2, -0.15) is 0 Å². The molecule has 2 heterocycles. The Hall–Kier alpha value is -2.87. The lowest BCUT2D eigenvalue weighted by Crippen LogP contribution is -2.38. The predicted octanol–water partition coefficient (Wildman–Crippen LogP) is 3.91. The largest absolute Gasteiger partial charge is 0.443 e. The van der Waals surface area contributed by atoms with Crippen molar-refractivity contribution in [1.29, 1.82) is 0 Å². The zero-order chi connectivity index (χ0) is 18.9. The molecule has 0 saturated carbocycles. The number of anilines is 1. The van der Waals surface area contributed by atoms with Crippen LogP contribution in [-0.2, 0) is 10.2 Å².